The van der Waals surface area contributed by atoms with Crippen LogP contribution in [0.4, 0.5) is 0 Å². The minimum absolute atomic E-state index is 0.169. The van der Waals surface area contributed by atoms with Gasteiger partial charge < -0.3 is 10.1 Å². The lowest BCUT2D eigenvalue weighted by Crippen LogP contribution is -2.15. The first-order chi connectivity index (χ1) is 9.15. The topological polar surface area (TPSA) is 34.1 Å². The Labute approximate surface area is 120 Å². The number of hydrogen-bond donors (Lipinski definition) is 1. The monoisotopic (exact) mass is 282 g/mol. The third kappa shape index (κ3) is 4.01. The molecule has 1 N–H and O–H groups in total. The predicted octanol–water partition coefficient (Wildman–Crippen LogP) is 4.01. The molecule has 1 aliphatic rings. The quantitative estimate of drug-likeness (QED) is 0.782. The Morgan fingerprint density at radius 2 is 2.16 bits per heavy atom. The zero-order chi connectivity index (χ0) is 13.8. The van der Waals surface area contributed by atoms with Crippen LogP contribution in [0.5, 0.6) is 0 Å². The smallest absolute Gasteiger partial charge is 0.122 e. The zero-order valence-electron chi connectivity index (χ0n) is 12.5. The van der Waals surface area contributed by atoms with Gasteiger partial charge >= 0.3 is 0 Å². The van der Waals surface area contributed by atoms with Gasteiger partial charge in [-0.15, -0.1) is 11.3 Å². The maximum atomic E-state index is 5.59. The van der Waals surface area contributed by atoms with Crippen molar-refractivity contribution in [1.29, 1.82) is 0 Å². The maximum absolute atomic E-state index is 5.59. The van der Waals surface area contributed by atoms with Crippen molar-refractivity contribution in [1.82, 2.24) is 10.3 Å². The van der Waals surface area contributed by atoms with Crippen LogP contribution in [0.1, 0.15) is 74.1 Å². The fourth-order valence-corrected chi connectivity index (χ4v) is 3.51. The van der Waals surface area contributed by atoms with E-state index in [9.17, 15) is 0 Å². The Kier molecular flexibility index (Phi) is 5.37. The van der Waals surface area contributed by atoms with Gasteiger partial charge in [0.25, 0.3) is 0 Å². The highest BCUT2D eigenvalue weighted by Crippen LogP contribution is 2.32. The first-order valence-corrected chi connectivity index (χ1v) is 8.23. The van der Waals surface area contributed by atoms with Gasteiger partial charge in [0.05, 0.1) is 5.69 Å². The number of hydrogen-bond acceptors (Lipinski definition) is 4. The summed E-state index contributed by atoms with van der Waals surface area (Å²) in [6.45, 7) is 7.61. The van der Waals surface area contributed by atoms with Gasteiger partial charge in [-0.3, -0.25) is 0 Å². The molecule has 19 heavy (non-hydrogen) atoms. The third-order valence-electron chi connectivity index (χ3n) is 3.53. The van der Waals surface area contributed by atoms with Crippen molar-refractivity contribution in [3.63, 3.8) is 0 Å². The van der Waals surface area contributed by atoms with Crippen LogP contribution < -0.4 is 5.32 Å². The molecule has 2 rings (SSSR count). The van der Waals surface area contributed by atoms with E-state index < -0.39 is 0 Å². The highest BCUT2D eigenvalue weighted by Gasteiger charge is 2.23. The second kappa shape index (κ2) is 6.82. The van der Waals surface area contributed by atoms with Crippen LogP contribution in [-0.4, -0.2) is 18.1 Å². The van der Waals surface area contributed by atoms with Crippen LogP contribution in [-0.2, 0) is 11.3 Å². The molecule has 4 heteroatoms. The highest BCUT2D eigenvalue weighted by atomic mass is 32.1. The summed E-state index contributed by atoms with van der Waals surface area (Å²) >= 11 is 1.83. The first-order valence-electron chi connectivity index (χ1n) is 7.41. The first kappa shape index (κ1) is 14.9. The van der Waals surface area contributed by atoms with Crippen LogP contribution in [0, 0.1) is 0 Å². The molecular weight excluding hydrogens is 256 g/mol. The largest absolute Gasteiger partial charge is 0.374 e. The zero-order valence-corrected chi connectivity index (χ0v) is 13.3. The molecule has 0 amide bonds. The highest BCUT2D eigenvalue weighted by molar-refractivity contribution is 7.11. The number of methoxy groups -OCH3 is 1. The molecule has 1 saturated carbocycles. The van der Waals surface area contributed by atoms with Gasteiger partial charge in [0.1, 0.15) is 11.1 Å². The molecule has 0 radical (unpaired) electrons. The second-order valence-corrected chi connectivity index (χ2v) is 6.80. The SMILES string of the molecule is CCCC(OC)c1nc(C(C)C)c(CNC2CC2)s1. The summed E-state index contributed by atoms with van der Waals surface area (Å²) in [6.07, 6.45) is 5.02. The van der Waals surface area contributed by atoms with Crippen molar-refractivity contribution in [3.05, 3.63) is 15.6 Å². The van der Waals surface area contributed by atoms with E-state index in [1.165, 1.54) is 23.4 Å². The summed E-state index contributed by atoms with van der Waals surface area (Å²) in [5.74, 6) is 0.486. The van der Waals surface area contributed by atoms with Crippen molar-refractivity contribution in [2.45, 2.75) is 71.1 Å². The molecular formula is C15H26N2OS. The lowest BCUT2D eigenvalue weighted by Gasteiger charge is -2.10. The molecule has 0 bridgehead atoms. The van der Waals surface area contributed by atoms with Gasteiger partial charge in [0, 0.05) is 24.6 Å². The molecule has 1 aliphatic carbocycles. The number of thiazole rings is 1. The number of ether oxygens (including phenoxy) is 1. The molecule has 1 aromatic heterocycles. The molecule has 1 unspecified atom stereocenters. The molecule has 1 heterocycles. The van der Waals surface area contributed by atoms with Crippen molar-refractivity contribution in [2.24, 2.45) is 0 Å². The molecule has 1 aromatic rings. The normalized spacial score (nSPS) is 17.1. The van der Waals surface area contributed by atoms with E-state index in [4.69, 9.17) is 9.72 Å². The molecule has 1 atom stereocenters. The average molecular weight is 282 g/mol. The fraction of sp³-hybridized carbons (Fsp3) is 0.800. The Morgan fingerprint density at radius 3 is 2.68 bits per heavy atom. The maximum Gasteiger partial charge on any atom is 0.122 e. The van der Waals surface area contributed by atoms with Gasteiger partial charge in [-0.1, -0.05) is 27.2 Å². The summed E-state index contributed by atoms with van der Waals surface area (Å²) < 4.78 is 5.59. The van der Waals surface area contributed by atoms with Gasteiger partial charge in [-0.25, -0.2) is 4.98 Å². The van der Waals surface area contributed by atoms with Crippen molar-refractivity contribution in [3.8, 4) is 0 Å². The molecule has 0 spiro atoms. The fourth-order valence-electron chi connectivity index (χ4n) is 2.23. The Hall–Kier alpha value is -0.450. The third-order valence-corrected chi connectivity index (χ3v) is 4.69. The summed E-state index contributed by atoms with van der Waals surface area (Å²) in [4.78, 5) is 6.25. The molecule has 108 valence electrons. The van der Waals surface area contributed by atoms with E-state index in [-0.39, 0.29) is 6.10 Å². The lowest BCUT2D eigenvalue weighted by molar-refractivity contribution is 0.0946. The molecule has 0 aromatic carbocycles. The predicted molar refractivity (Wildman–Crippen MR) is 80.7 cm³/mol. The minimum Gasteiger partial charge on any atom is -0.374 e. The van der Waals surface area contributed by atoms with E-state index in [0.29, 0.717) is 5.92 Å². The van der Waals surface area contributed by atoms with E-state index in [2.05, 4.69) is 26.1 Å². The van der Waals surface area contributed by atoms with Gasteiger partial charge in [-0.05, 0) is 25.2 Å². The molecule has 3 nitrogen and oxygen atoms in total. The van der Waals surface area contributed by atoms with E-state index in [0.717, 1.165) is 30.4 Å². The number of nitrogens with zero attached hydrogens (tertiary/aromatic N) is 1. The van der Waals surface area contributed by atoms with Gasteiger partial charge in [0.2, 0.25) is 0 Å². The molecule has 0 aliphatic heterocycles. The Bertz CT molecular complexity index is 399. The average Bonchev–Trinajstić information content (AvgIpc) is 3.12. The van der Waals surface area contributed by atoms with Crippen LogP contribution in [0.15, 0.2) is 0 Å². The second-order valence-electron chi connectivity index (χ2n) is 5.68. The van der Waals surface area contributed by atoms with Crippen molar-refractivity contribution >= 4 is 11.3 Å². The Balaban J connectivity index is 2.12. The van der Waals surface area contributed by atoms with Crippen LogP contribution >= 0.6 is 11.3 Å². The van der Waals surface area contributed by atoms with Gasteiger partial charge in [0.15, 0.2) is 0 Å². The van der Waals surface area contributed by atoms with Crippen LogP contribution in [0.3, 0.4) is 0 Å². The number of nitrogens with one attached hydrogen (secondary N) is 1. The van der Waals surface area contributed by atoms with Crippen molar-refractivity contribution < 1.29 is 4.74 Å². The van der Waals surface area contributed by atoms with E-state index in [1.54, 1.807) is 7.11 Å². The minimum atomic E-state index is 0.169. The molecule has 1 fully saturated rings. The summed E-state index contributed by atoms with van der Waals surface area (Å²) in [5.41, 5.74) is 1.26. The van der Waals surface area contributed by atoms with E-state index in [1.807, 2.05) is 11.3 Å². The summed E-state index contributed by atoms with van der Waals surface area (Å²) in [6, 6.07) is 0.749. The Morgan fingerprint density at radius 1 is 1.42 bits per heavy atom. The number of rotatable bonds is 8. The lowest BCUT2D eigenvalue weighted by atomic mass is 10.1. The van der Waals surface area contributed by atoms with E-state index >= 15 is 0 Å². The summed E-state index contributed by atoms with van der Waals surface area (Å²) in [7, 11) is 1.79. The van der Waals surface area contributed by atoms with Crippen LogP contribution in [0.2, 0.25) is 0 Å². The number of aromatic nitrogens is 1. The standard InChI is InChI=1S/C15H26N2OS/c1-5-6-12(18-4)15-17-14(10(2)3)13(19-15)9-16-11-7-8-11/h10-12,16H,5-9H2,1-4H3. The van der Waals surface area contributed by atoms with Crippen LogP contribution in [0.25, 0.3) is 0 Å². The molecule has 0 saturated heterocycles. The van der Waals surface area contributed by atoms with Crippen molar-refractivity contribution in [2.75, 3.05) is 7.11 Å². The summed E-state index contributed by atoms with van der Waals surface area (Å²) in [5, 5.41) is 4.75. The van der Waals surface area contributed by atoms with Gasteiger partial charge in [-0.2, -0.15) is 0 Å².